The molecule has 0 aromatic carbocycles. The highest BCUT2D eigenvalue weighted by Crippen LogP contribution is 2.15. The molecule has 1 aromatic heterocycles. The maximum Gasteiger partial charge on any atom is 0.222 e. The van der Waals surface area contributed by atoms with E-state index in [-0.39, 0.29) is 18.6 Å². The van der Waals surface area contributed by atoms with Gasteiger partial charge in [0.1, 0.15) is 5.76 Å². The number of likely N-dealkylation sites (N-methyl/N-ethyl adjacent to an activating group) is 1. The molecule has 1 atom stereocenters. The number of hydrogen-bond acceptors (Lipinski definition) is 4. The number of aryl methyl sites for hydroxylation is 2. The zero-order valence-corrected chi connectivity index (χ0v) is 10.9. The van der Waals surface area contributed by atoms with E-state index in [2.05, 4.69) is 5.16 Å². The van der Waals surface area contributed by atoms with E-state index in [0.29, 0.717) is 12.8 Å². The predicted molar refractivity (Wildman–Crippen MR) is 63.6 cm³/mol. The van der Waals surface area contributed by atoms with E-state index in [0.717, 1.165) is 17.0 Å². The molecule has 1 N–H and O–H groups in total. The second kappa shape index (κ2) is 5.82. The normalized spacial score (nSPS) is 12.5. The van der Waals surface area contributed by atoms with E-state index in [1.807, 2.05) is 20.8 Å². The number of hydrogen-bond donors (Lipinski definition) is 1. The molecule has 5 heteroatoms. The topological polar surface area (TPSA) is 66.6 Å². The van der Waals surface area contributed by atoms with E-state index in [9.17, 15) is 4.79 Å². The van der Waals surface area contributed by atoms with Gasteiger partial charge in [-0.3, -0.25) is 4.79 Å². The number of amides is 1. The van der Waals surface area contributed by atoms with Crippen LogP contribution in [0.5, 0.6) is 0 Å². The van der Waals surface area contributed by atoms with Gasteiger partial charge in [-0.15, -0.1) is 0 Å². The van der Waals surface area contributed by atoms with Gasteiger partial charge in [0.05, 0.1) is 18.3 Å². The number of carbonyl (C=O) groups is 1. The van der Waals surface area contributed by atoms with Crippen molar-refractivity contribution in [1.82, 2.24) is 10.1 Å². The highest BCUT2D eigenvalue weighted by atomic mass is 16.5. The summed E-state index contributed by atoms with van der Waals surface area (Å²) >= 11 is 0. The summed E-state index contributed by atoms with van der Waals surface area (Å²) in [6, 6.07) is -0.146. The van der Waals surface area contributed by atoms with Gasteiger partial charge in [0, 0.05) is 19.0 Å². The van der Waals surface area contributed by atoms with E-state index in [4.69, 9.17) is 9.63 Å². The summed E-state index contributed by atoms with van der Waals surface area (Å²) in [5, 5.41) is 12.8. The molecule has 1 heterocycles. The SMILES string of the molecule is Cc1noc(C)c1CCC(=O)N(C)C(C)CO. The summed E-state index contributed by atoms with van der Waals surface area (Å²) in [7, 11) is 1.70. The first-order chi connectivity index (χ1) is 7.97. The van der Waals surface area contributed by atoms with Gasteiger partial charge in [0.2, 0.25) is 5.91 Å². The fourth-order valence-electron chi connectivity index (χ4n) is 1.64. The first kappa shape index (κ1) is 13.7. The number of rotatable bonds is 5. The van der Waals surface area contributed by atoms with Crippen LogP contribution in [0.15, 0.2) is 4.52 Å². The highest BCUT2D eigenvalue weighted by molar-refractivity contribution is 5.76. The third-order valence-corrected chi connectivity index (χ3v) is 3.09. The Bertz CT molecular complexity index is 368. The van der Waals surface area contributed by atoms with E-state index in [1.54, 1.807) is 11.9 Å². The molecule has 0 aliphatic rings. The first-order valence-electron chi connectivity index (χ1n) is 5.75. The molecule has 1 rings (SSSR count). The van der Waals surface area contributed by atoms with Crippen LogP contribution in [-0.4, -0.2) is 40.8 Å². The Morgan fingerprint density at radius 2 is 2.18 bits per heavy atom. The second-order valence-corrected chi connectivity index (χ2v) is 4.34. The van der Waals surface area contributed by atoms with Crippen molar-refractivity contribution in [3.63, 3.8) is 0 Å². The molecular formula is C12H20N2O3. The molecule has 0 bridgehead atoms. The predicted octanol–water partition coefficient (Wildman–Crippen LogP) is 1.06. The Labute approximate surface area is 101 Å². The van der Waals surface area contributed by atoms with Crippen LogP contribution in [-0.2, 0) is 11.2 Å². The van der Waals surface area contributed by atoms with Crippen LogP contribution in [0, 0.1) is 13.8 Å². The van der Waals surface area contributed by atoms with Crippen molar-refractivity contribution in [2.24, 2.45) is 0 Å². The van der Waals surface area contributed by atoms with Crippen molar-refractivity contribution in [1.29, 1.82) is 0 Å². The third kappa shape index (κ3) is 3.30. The van der Waals surface area contributed by atoms with E-state index < -0.39 is 0 Å². The van der Waals surface area contributed by atoms with Crippen molar-refractivity contribution in [2.75, 3.05) is 13.7 Å². The molecule has 17 heavy (non-hydrogen) atoms. The van der Waals surface area contributed by atoms with Gasteiger partial charge >= 0.3 is 0 Å². The van der Waals surface area contributed by atoms with Crippen molar-refractivity contribution >= 4 is 5.91 Å². The zero-order chi connectivity index (χ0) is 13.0. The Balaban J connectivity index is 2.54. The Hall–Kier alpha value is -1.36. The lowest BCUT2D eigenvalue weighted by atomic mass is 10.1. The van der Waals surface area contributed by atoms with Gasteiger partial charge in [0.25, 0.3) is 0 Å². The molecule has 96 valence electrons. The average Bonchev–Trinajstić information content (AvgIpc) is 2.64. The number of carbonyl (C=O) groups excluding carboxylic acids is 1. The first-order valence-corrected chi connectivity index (χ1v) is 5.75. The molecule has 0 radical (unpaired) electrons. The monoisotopic (exact) mass is 240 g/mol. The highest BCUT2D eigenvalue weighted by Gasteiger charge is 2.16. The van der Waals surface area contributed by atoms with Crippen LogP contribution in [0.4, 0.5) is 0 Å². The van der Waals surface area contributed by atoms with Crippen molar-refractivity contribution in [2.45, 2.75) is 39.7 Å². The minimum absolute atomic E-state index is 0.0200. The molecule has 1 unspecified atom stereocenters. The molecule has 0 aliphatic carbocycles. The van der Waals surface area contributed by atoms with Crippen LogP contribution in [0.1, 0.15) is 30.4 Å². The van der Waals surface area contributed by atoms with E-state index >= 15 is 0 Å². The molecule has 0 aliphatic heterocycles. The van der Waals surface area contributed by atoms with Crippen LogP contribution in [0.3, 0.4) is 0 Å². The van der Waals surface area contributed by atoms with Crippen molar-refractivity contribution in [3.8, 4) is 0 Å². The summed E-state index contributed by atoms with van der Waals surface area (Å²) in [4.78, 5) is 13.4. The van der Waals surface area contributed by atoms with Crippen LogP contribution in [0.2, 0.25) is 0 Å². The summed E-state index contributed by atoms with van der Waals surface area (Å²) < 4.78 is 5.04. The van der Waals surface area contributed by atoms with Crippen LogP contribution >= 0.6 is 0 Å². The summed E-state index contributed by atoms with van der Waals surface area (Å²) in [6.45, 7) is 5.51. The average molecular weight is 240 g/mol. The second-order valence-electron chi connectivity index (χ2n) is 4.34. The molecule has 0 fully saturated rings. The van der Waals surface area contributed by atoms with Crippen LogP contribution in [0.25, 0.3) is 0 Å². The van der Waals surface area contributed by atoms with Gasteiger partial charge in [-0.2, -0.15) is 0 Å². The quantitative estimate of drug-likeness (QED) is 0.835. The number of aliphatic hydroxyl groups is 1. The van der Waals surface area contributed by atoms with Crippen molar-refractivity contribution < 1.29 is 14.4 Å². The Morgan fingerprint density at radius 3 is 2.65 bits per heavy atom. The fraction of sp³-hybridized carbons (Fsp3) is 0.667. The van der Waals surface area contributed by atoms with Gasteiger partial charge in [-0.25, -0.2) is 0 Å². The Morgan fingerprint density at radius 1 is 1.53 bits per heavy atom. The van der Waals surface area contributed by atoms with Gasteiger partial charge in [-0.1, -0.05) is 5.16 Å². The standard InChI is InChI=1S/C12H20N2O3/c1-8(7-15)14(4)12(16)6-5-11-9(2)13-17-10(11)3/h8,15H,5-7H2,1-4H3. The molecule has 5 nitrogen and oxygen atoms in total. The lowest BCUT2D eigenvalue weighted by molar-refractivity contribution is -0.132. The van der Waals surface area contributed by atoms with Gasteiger partial charge < -0.3 is 14.5 Å². The largest absolute Gasteiger partial charge is 0.394 e. The van der Waals surface area contributed by atoms with Gasteiger partial charge in [0.15, 0.2) is 0 Å². The minimum atomic E-state index is -0.146. The molecular weight excluding hydrogens is 220 g/mol. The van der Waals surface area contributed by atoms with Crippen molar-refractivity contribution in [3.05, 3.63) is 17.0 Å². The maximum atomic E-state index is 11.8. The van der Waals surface area contributed by atoms with Gasteiger partial charge in [-0.05, 0) is 27.2 Å². The maximum absolute atomic E-state index is 11.8. The fourth-order valence-corrected chi connectivity index (χ4v) is 1.64. The zero-order valence-electron chi connectivity index (χ0n) is 10.9. The summed E-state index contributed by atoms with van der Waals surface area (Å²) in [5.74, 6) is 0.791. The number of aromatic nitrogens is 1. The minimum Gasteiger partial charge on any atom is -0.394 e. The number of aliphatic hydroxyl groups excluding tert-OH is 1. The smallest absolute Gasteiger partial charge is 0.222 e. The molecule has 0 spiro atoms. The molecule has 0 saturated carbocycles. The lowest BCUT2D eigenvalue weighted by Gasteiger charge is -2.23. The molecule has 0 saturated heterocycles. The Kier molecular flexibility index (Phi) is 4.69. The third-order valence-electron chi connectivity index (χ3n) is 3.09. The molecule has 1 amide bonds. The number of nitrogens with zero attached hydrogens (tertiary/aromatic N) is 2. The van der Waals surface area contributed by atoms with Crippen LogP contribution < -0.4 is 0 Å². The van der Waals surface area contributed by atoms with E-state index in [1.165, 1.54) is 0 Å². The lowest BCUT2D eigenvalue weighted by Crippen LogP contribution is -2.37. The summed E-state index contributed by atoms with van der Waals surface area (Å²) in [6.07, 6.45) is 1.03. The molecule has 1 aromatic rings. The summed E-state index contributed by atoms with van der Waals surface area (Å²) in [5.41, 5.74) is 1.84.